The summed E-state index contributed by atoms with van der Waals surface area (Å²) in [6, 6.07) is 11.0. The molecule has 0 spiro atoms. The number of piperidine rings is 1. The molecule has 0 unspecified atom stereocenters. The molecule has 1 aromatic carbocycles. The largest absolute Gasteiger partial charge is 0.378 e. The number of morpholine rings is 1. The topological polar surface area (TPSA) is 32.8 Å². The van der Waals surface area contributed by atoms with Crippen LogP contribution in [-0.2, 0) is 16.1 Å². The molecule has 5 heteroatoms. The fourth-order valence-electron chi connectivity index (χ4n) is 4.07. The first-order chi connectivity index (χ1) is 12.8. The number of hydrogen-bond acceptors (Lipinski definition) is 4. The predicted molar refractivity (Wildman–Crippen MR) is 106 cm³/mol. The van der Waals surface area contributed by atoms with Gasteiger partial charge >= 0.3 is 0 Å². The molecular weight excluding hydrogens is 344 g/mol. The van der Waals surface area contributed by atoms with Gasteiger partial charge in [0.05, 0.1) is 13.2 Å². The van der Waals surface area contributed by atoms with Crippen molar-refractivity contribution >= 4 is 27.3 Å². The molecule has 4 rings (SSSR count). The van der Waals surface area contributed by atoms with Crippen LogP contribution in [0.5, 0.6) is 0 Å². The van der Waals surface area contributed by atoms with Crippen LogP contribution in [0.15, 0.2) is 30.3 Å². The molecule has 2 aromatic rings. The SMILES string of the molecule is O=C(CCC1CCN(Cc2cc3ccccc3s2)CC1)N1CCOCC1. The number of nitrogens with zero attached hydrogens (tertiary/aromatic N) is 2. The Bertz CT molecular complexity index is 697. The van der Waals surface area contributed by atoms with Crippen molar-refractivity contribution in [2.45, 2.75) is 32.2 Å². The van der Waals surface area contributed by atoms with Gasteiger partial charge in [-0.3, -0.25) is 9.69 Å². The van der Waals surface area contributed by atoms with Crippen LogP contribution in [0.4, 0.5) is 0 Å². The third-order valence-corrected chi connectivity index (χ3v) is 6.79. The maximum atomic E-state index is 12.3. The number of ether oxygens (including phenoxy) is 1. The minimum absolute atomic E-state index is 0.320. The lowest BCUT2D eigenvalue weighted by Crippen LogP contribution is -2.41. The third kappa shape index (κ3) is 4.45. The second-order valence-electron chi connectivity index (χ2n) is 7.50. The van der Waals surface area contributed by atoms with Gasteiger partial charge < -0.3 is 9.64 Å². The van der Waals surface area contributed by atoms with Gasteiger partial charge in [-0.1, -0.05) is 18.2 Å². The van der Waals surface area contributed by atoms with Crippen molar-refractivity contribution in [2.75, 3.05) is 39.4 Å². The summed E-state index contributed by atoms with van der Waals surface area (Å²) in [4.78, 5) is 18.3. The molecule has 2 aliphatic rings. The summed E-state index contributed by atoms with van der Waals surface area (Å²) in [6.07, 6.45) is 4.20. The quantitative estimate of drug-likeness (QED) is 0.801. The third-order valence-electron chi connectivity index (χ3n) is 5.69. The van der Waals surface area contributed by atoms with Gasteiger partial charge in [-0.2, -0.15) is 0 Å². The number of rotatable bonds is 5. The van der Waals surface area contributed by atoms with Crippen LogP contribution in [0, 0.1) is 5.92 Å². The molecular formula is C21H28N2O2S. The van der Waals surface area contributed by atoms with Crippen molar-refractivity contribution in [1.29, 1.82) is 0 Å². The van der Waals surface area contributed by atoms with Crippen molar-refractivity contribution in [2.24, 2.45) is 5.92 Å². The molecule has 140 valence electrons. The van der Waals surface area contributed by atoms with E-state index < -0.39 is 0 Å². The lowest BCUT2D eigenvalue weighted by atomic mass is 9.92. The fraction of sp³-hybridized carbons (Fsp3) is 0.571. The van der Waals surface area contributed by atoms with E-state index in [1.807, 2.05) is 16.2 Å². The normalized spacial score (nSPS) is 19.9. The number of carbonyl (C=O) groups is 1. The van der Waals surface area contributed by atoms with Gasteiger partial charge in [-0.15, -0.1) is 11.3 Å². The van der Waals surface area contributed by atoms with E-state index in [1.54, 1.807) is 0 Å². The number of likely N-dealkylation sites (tertiary alicyclic amines) is 1. The van der Waals surface area contributed by atoms with Crippen molar-refractivity contribution in [3.05, 3.63) is 35.2 Å². The number of hydrogen-bond donors (Lipinski definition) is 0. The molecule has 1 amide bonds. The summed E-state index contributed by atoms with van der Waals surface area (Å²) in [7, 11) is 0. The van der Waals surface area contributed by atoms with E-state index >= 15 is 0 Å². The molecule has 4 nitrogen and oxygen atoms in total. The van der Waals surface area contributed by atoms with E-state index in [4.69, 9.17) is 4.74 Å². The molecule has 0 aliphatic carbocycles. The fourth-order valence-corrected chi connectivity index (χ4v) is 5.17. The Labute approximate surface area is 159 Å². The van der Waals surface area contributed by atoms with E-state index in [0.717, 1.165) is 39.1 Å². The molecule has 2 aliphatic heterocycles. The number of thiophene rings is 1. The molecule has 1 aromatic heterocycles. The Kier molecular flexibility index (Phi) is 5.88. The molecule has 0 bridgehead atoms. The van der Waals surface area contributed by atoms with Crippen molar-refractivity contribution in [3.8, 4) is 0 Å². The van der Waals surface area contributed by atoms with Gasteiger partial charge in [0.2, 0.25) is 5.91 Å². The highest BCUT2D eigenvalue weighted by Crippen LogP contribution is 2.28. The van der Waals surface area contributed by atoms with E-state index in [0.29, 0.717) is 31.5 Å². The van der Waals surface area contributed by atoms with Crippen LogP contribution >= 0.6 is 11.3 Å². The summed E-state index contributed by atoms with van der Waals surface area (Å²) in [5.74, 6) is 1.03. The van der Waals surface area contributed by atoms with E-state index in [2.05, 4.69) is 35.2 Å². The summed E-state index contributed by atoms with van der Waals surface area (Å²) in [5, 5.41) is 1.36. The van der Waals surface area contributed by atoms with Crippen LogP contribution < -0.4 is 0 Å². The van der Waals surface area contributed by atoms with Crippen LogP contribution in [-0.4, -0.2) is 55.1 Å². The highest BCUT2D eigenvalue weighted by Gasteiger charge is 2.22. The van der Waals surface area contributed by atoms with Crippen molar-refractivity contribution < 1.29 is 9.53 Å². The van der Waals surface area contributed by atoms with Crippen LogP contribution in [0.1, 0.15) is 30.6 Å². The van der Waals surface area contributed by atoms with E-state index in [-0.39, 0.29) is 0 Å². The van der Waals surface area contributed by atoms with Gasteiger partial charge in [0.1, 0.15) is 0 Å². The number of fused-ring (bicyclic) bond motifs is 1. The second kappa shape index (κ2) is 8.51. The van der Waals surface area contributed by atoms with Gasteiger partial charge in [-0.25, -0.2) is 0 Å². The second-order valence-corrected chi connectivity index (χ2v) is 8.67. The Morgan fingerprint density at radius 2 is 1.88 bits per heavy atom. The smallest absolute Gasteiger partial charge is 0.222 e. The summed E-state index contributed by atoms with van der Waals surface area (Å²) in [6.45, 7) is 6.32. The number of carbonyl (C=O) groups excluding carboxylic acids is 1. The molecule has 2 fully saturated rings. The summed E-state index contributed by atoms with van der Waals surface area (Å²) >= 11 is 1.92. The highest BCUT2D eigenvalue weighted by molar-refractivity contribution is 7.19. The molecule has 0 N–H and O–H groups in total. The lowest BCUT2D eigenvalue weighted by molar-refractivity contribution is -0.135. The maximum absolute atomic E-state index is 12.3. The molecule has 3 heterocycles. The summed E-state index contributed by atoms with van der Waals surface area (Å²) in [5.41, 5.74) is 0. The van der Waals surface area contributed by atoms with Crippen molar-refractivity contribution in [1.82, 2.24) is 9.80 Å². The van der Waals surface area contributed by atoms with Gasteiger partial charge in [0.25, 0.3) is 0 Å². The zero-order valence-corrected chi connectivity index (χ0v) is 16.2. The van der Waals surface area contributed by atoms with Crippen LogP contribution in [0.25, 0.3) is 10.1 Å². The van der Waals surface area contributed by atoms with Gasteiger partial charge in [0, 0.05) is 35.6 Å². The Hall–Kier alpha value is -1.43. The average molecular weight is 373 g/mol. The minimum atomic E-state index is 0.320. The summed E-state index contributed by atoms with van der Waals surface area (Å²) < 4.78 is 6.71. The van der Waals surface area contributed by atoms with Gasteiger partial charge in [0.15, 0.2) is 0 Å². The first kappa shape index (κ1) is 18.0. The van der Waals surface area contributed by atoms with Crippen LogP contribution in [0.3, 0.4) is 0 Å². The van der Waals surface area contributed by atoms with E-state index in [9.17, 15) is 4.79 Å². The first-order valence-corrected chi connectivity index (χ1v) is 10.6. The van der Waals surface area contributed by atoms with E-state index in [1.165, 1.54) is 27.8 Å². The molecule has 2 saturated heterocycles. The Morgan fingerprint density at radius 1 is 1.12 bits per heavy atom. The minimum Gasteiger partial charge on any atom is -0.378 e. The highest BCUT2D eigenvalue weighted by atomic mass is 32.1. The zero-order chi connectivity index (χ0) is 17.8. The molecule has 26 heavy (non-hydrogen) atoms. The van der Waals surface area contributed by atoms with Gasteiger partial charge in [-0.05, 0) is 55.8 Å². The standard InChI is InChI=1S/C21H28N2O2S/c24-21(23-11-13-25-14-12-23)6-5-17-7-9-22(10-8-17)16-19-15-18-3-1-2-4-20(18)26-19/h1-4,15,17H,5-14,16H2. The zero-order valence-electron chi connectivity index (χ0n) is 15.4. The number of benzene rings is 1. The number of amides is 1. The first-order valence-electron chi connectivity index (χ1n) is 9.83. The maximum Gasteiger partial charge on any atom is 0.222 e. The predicted octanol–water partition coefficient (Wildman–Crippen LogP) is 3.75. The Balaban J connectivity index is 1.20. The molecule has 0 radical (unpaired) electrons. The molecule has 0 atom stereocenters. The van der Waals surface area contributed by atoms with Crippen molar-refractivity contribution in [3.63, 3.8) is 0 Å². The molecule has 0 saturated carbocycles. The van der Waals surface area contributed by atoms with Crippen LogP contribution in [0.2, 0.25) is 0 Å². The monoisotopic (exact) mass is 372 g/mol. The average Bonchev–Trinajstić information content (AvgIpc) is 3.10. The Morgan fingerprint density at radius 3 is 2.65 bits per heavy atom. The lowest BCUT2D eigenvalue weighted by Gasteiger charge is -2.32.